The first-order valence-electron chi connectivity index (χ1n) is 7.66. The Hall–Kier alpha value is -0.130. The van der Waals surface area contributed by atoms with E-state index < -0.39 is 10.0 Å². The lowest BCUT2D eigenvalue weighted by Gasteiger charge is -2.29. The van der Waals surface area contributed by atoms with Gasteiger partial charge in [-0.3, -0.25) is 0 Å². The normalized spacial score (nSPS) is 26.3. The van der Waals surface area contributed by atoms with E-state index in [9.17, 15) is 8.42 Å². The van der Waals surface area contributed by atoms with Crippen LogP contribution in [0.4, 0.5) is 0 Å². The molecule has 114 valence electrons. The molecule has 1 fully saturated rings. The molecule has 0 aliphatic heterocycles. The van der Waals surface area contributed by atoms with Crippen molar-refractivity contribution in [3.63, 3.8) is 0 Å². The fraction of sp³-hybridized carbons (Fsp3) is 1.00. The highest BCUT2D eigenvalue weighted by atomic mass is 32.2. The van der Waals surface area contributed by atoms with Gasteiger partial charge in [-0.1, -0.05) is 33.1 Å². The third-order valence-electron chi connectivity index (χ3n) is 4.22. The van der Waals surface area contributed by atoms with Crippen LogP contribution < -0.4 is 10.0 Å². The van der Waals surface area contributed by atoms with E-state index in [1.54, 1.807) is 6.92 Å². The van der Waals surface area contributed by atoms with Gasteiger partial charge >= 0.3 is 0 Å². The Morgan fingerprint density at radius 2 is 1.95 bits per heavy atom. The minimum Gasteiger partial charge on any atom is -0.315 e. The number of sulfonamides is 1. The second-order valence-corrected chi connectivity index (χ2v) is 8.11. The SMILES string of the molecule is CCCNCC(C)S(=O)(=O)NCC1CCCCC1C. The highest BCUT2D eigenvalue weighted by Crippen LogP contribution is 2.29. The smallest absolute Gasteiger partial charge is 0.215 e. The summed E-state index contributed by atoms with van der Waals surface area (Å²) in [5, 5.41) is 2.81. The van der Waals surface area contributed by atoms with E-state index in [1.165, 1.54) is 19.3 Å². The molecule has 19 heavy (non-hydrogen) atoms. The van der Waals surface area contributed by atoms with Gasteiger partial charge in [-0.2, -0.15) is 0 Å². The van der Waals surface area contributed by atoms with E-state index >= 15 is 0 Å². The first kappa shape index (κ1) is 16.9. The number of rotatable bonds is 8. The van der Waals surface area contributed by atoms with Crippen LogP contribution in [0.3, 0.4) is 0 Å². The largest absolute Gasteiger partial charge is 0.315 e. The molecule has 0 bridgehead atoms. The molecular formula is C14H30N2O2S. The van der Waals surface area contributed by atoms with Crippen LogP contribution in [0.15, 0.2) is 0 Å². The van der Waals surface area contributed by atoms with Gasteiger partial charge in [0.15, 0.2) is 0 Å². The molecule has 3 unspecified atom stereocenters. The van der Waals surface area contributed by atoms with Crippen molar-refractivity contribution in [2.24, 2.45) is 11.8 Å². The van der Waals surface area contributed by atoms with Crippen LogP contribution in [0.25, 0.3) is 0 Å². The maximum Gasteiger partial charge on any atom is 0.215 e. The Morgan fingerprint density at radius 1 is 1.26 bits per heavy atom. The van der Waals surface area contributed by atoms with Gasteiger partial charge < -0.3 is 5.32 Å². The molecule has 1 aliphatic rings. The van der Waals surface area contributed by atoms with Crippen LogP contribution in [0.1, 0.15) is 52.9 Å². The van der Waals surface area contributed by atoms with Gasteiger partial charge in [-0.05, 0) is 38.1 Å². The molecule has 5 heteroatoms. The zero-order valence-corrected chi connectivity index (χ0v) is 13.4. The molecule has 0 amide bonds. The van der Waals surface area contributed by atoms with Crippen molar-refractivity contribution >= 4 is 10.0 Å². The van der Waals surface area contributed by atoms with Crippen LogP contribution in [0.2, 0.25) is 0 Å². The highest BCUT2D eigenvalue weighted by Gasteiger charge is 2.25. The van der Waals surface area contributed by atoms with E-state index in [0.717, 1.165) is 19.4 Å². The maximum atomic E-state index is 12.1. The third-order valence-corrected chi connectivity index (χ3v) is 6.02. The molecule has 1 rings (SSSR count). The summed E-state index contributed by atoms with van der Waals surface area (Å²) < 4.78 is 27.1. The molecule has 3 atom stereocenters. The van der Waals surface area contributed by atoms with Gasteiger partial charge in [-0.25, -0.2) is 13.1 Å². The molecular weight excluding hydrogens is 260 g/mol. The molecule has 0 aromatic rings. The first-order chi connectivity index (χ1) is 8.97. The Labute approximate surface area is 118 Å². The number of hydrogen-bond acceptors (Lipinski definition) is 3. The van der Waals surface area contributed by atoms with E-state index in [0.29, 0.717) is 24.9 Å². The summed E-state index contributed by atoms with van der Waals surface area (Å²) in [5.41, 5.74) is 0. The van der Waals surface area contributed by atoms with Crippen LogP contribution in [-0.4, -0.2) is 33.3 Å². The van der Waals surface area contributed by atoms with Crippen molar-refractivity contribution in [2.45, 2.75) is 58.1 Å². The molecule has 0 spiro atoms. The number of hydrogen-bond donors (Lipinski definition) is 2. The van der Waals surface area contributed by atoms with Crippen LogP contribution >= 0.6 is 0 Å². The van der Waals surface area contributed by atoms with Crippen molar-refractivity contribution in [3.05, 3.63) is 0 Å². The van der Waals surface area contributed by atoms with Crippen molar-refractivity contribution < 1.29 is 8.42 Å². The average Bonchev–Trinajstić information content (AvgIpc) is 2.38. The number of nitrogens with one attached hydrogen (secondary N) is 2. The molecule has 0 heterocycles. The summed E-state index contributed by atoms with van der Waals surface area (Å²) in [6.07, 6.45) is 5.96. The Bertz CT molecular complexity index is 343. The summed E-state index contributed by atoms with van der Waals surface area (Å²) in [6, 6.07) is 0. The predicted octanol–water partition coefficient (Wildman–Crippen LogP) is 2.12. The molecule has 0 aromatic carbocycles. The second kappa shape index (κ2) is 8.22. The fourth-order valence-corrected chi connectivity index (χ4v) is 3.72. The van der Waals surface area contributed by atoms with Crippen molar-refractivity contribution in [3.8, 4) is 0 Å². The van der Waals surface area contributed by atoms with Gasteiger partial charge in [0.2, 0.25) is 10.0 Å². The zero-order chi connectivity index (χ0) is 14.3. The Morgan fingerprint density at radius 3 is 2.58 bits per heavy atom. The maximum absolute atomic E-state index is 12.1. The van der Waals surface area contributed by atoms with Crippen molar-refractivity contribution in [2.75, 3.05) is 19.6 Å². The standard InChI is InChI=1S/C14H30N2O2S/c1-4-9-15-10-13(3)19(17,18)16-11-14-8-6-5-7-12(14)2/h12-16H,4-11H2,1-3H3. The summed E-state index contributed by atoms with van der Waals surface area (Å²) in [6.45, 7) is 8.11. The Balaban J connectivity index is 2.36. The molecule has 4 nitrogen and oxygen atoms in total. The second-order valence-electron chi connectivity index (χ2n) is 5.93. The molecule has 0 radical (unpaired) electrons. The molecule has 2 N–H and O–H groups in total. The van der Waals surface area contributed by atoms with Gasteiger partial charge in [0.05, 0.1) is 5.25 Å². The van der Waals surface area contributed by atoms with Gasteiger partial charge in [0, 0.05) is 13.1 Å². The minimum absolute atomic E-state index is 0.363. The Kier molecular flexibility index (Phi) is 7.32. The van der Waals surface area contributed by atoms with Crippen LogP contribution in [-0.2, 0) is 10.0 Å². The summed E-state index contributed by atoms with van der Waals surface area (Å²) in [5.74, 6) is 1.16. The molecule has 0 saturated heterocycles. The van der Waals surface area contributed by atoms with E-state index in [2.05, 4.69) is 23.9 Å². The van der Waals surface area contributed by atoms with Gasteiger partial charge in [0.1, 0.15) is 0 Å². The predicted molar refractivity (Wildman–Crippen MR) is 80.7 cm³/mol. The van der Waals surface area contributed by atoms with Gasteiger partial charge in [-0.15, -0.1) is 0 Å². The van der Waals surface area contributed by atoms with Crippen molar-refractivity contribution in [1.82, 2.24) is 10.0 Å². The summed E-state index contributed by atoms with van der Waals surface area (Å²) >= 11 is 0. The summed E-state index contributed by atoms with van der Waals surface area (Å²) in [7, 11) is -3.18. The lowest BCUT2D eigenvalue weighted by atomic mass is 9.81. The third kappa shape index (κ3) is 5.79. The van der Waals surface area contributed by atoms with E-state index in [4.69, 9.17) is 0 Å². The molecule has 0 aromatic heterocycles. The van der Waals surface area contributed by atoms with Crippen LogP contribution in [0, 0.1) is 11.8 Å². The zero-order valence-electron chi connectivity index (χ0n) is 12.6. The van der Waals surface area contributed by atoms with Crippen molar-refractivity contribution in [1.29, 1.82) is 0 Å². The minimum atomic E-state index is -3.18. The molecule has 1 saturated carbocycles. The monoisotopic (exact) mass is 290 g/mol. The topological polar surface area (TPSA) is 58.2 Å². The van der Waals surface area contributed by atoms with E-state index in [1.807, 2.05) is 0 Å². The fourth-order valence-electron chi connectivity index (χ4n) is 2.65. The lowest BCUT2D eigenvalue weighted by molar-refractivity contribution is 0.257. The average molecular weight is 290 g/mol. The lowest BCUT2D eigenvalue weighted by Crippen LogP contribution is -2.42. The summed E-state index contributed by atoms with van der Waals surface area (Å²) in [4.78, 5) is 0. The highest BCUT2D eigenvalue weighted by molar-refractivity contribution is 7.90. The van der Waals surface area contributed by atoms with E-state index in [-0.39, 0.29) is 5.25 Å². The van der Waals surface area contributed by atoms with Gasteiger partial charge in [0.25, 0.3) is 0 Å². The van der Waals surface area contributed by atoms with Crippen LogP contribution in [0.5, 0.6) is 0 Å². The quantitative estimate of drug-likeness (QED) is 0.673. The first-order valence-corrected chi connectivity index (χ1v) is 9.21. The molecule has 1 aliphatic carbocycles.